The number of alkyl halides is 3. The van der Waals surface area contributed by atoms with Crippen molar-refractivity contribution < 1.29 is 18.3 Å². The second-order valence-corrected chi connectivity index (χ2v) is 4.87. The summed E-state index contributed by atoms with van der Waals surface area (Å²) in [6, 6.07) is 7.90. The number of hydrogen-bond acceptors (Lipinski definition) is 2. The van der Waals surface area contributed by atoms with Crippen LogP contribution >= 0.6 is 15.9 Å². The van der Waals surface area contributed by atoms with Gasteiger partial charge in [-0.25, -0.2) is 0 Å². The molecule has 0 saturated heterocycles. The van der Waals surface area contributed by atoms with E-state index >= 15 is 0 Å². The first kappa shape index (κ1) is 14.0. The lowest BCUT2D eigenvalue weighted by Crippen LogP contribution is -2.43. The number of hydrogen-bond donors (Lipinski definition) is 1. The van der Waals surface area contributed by atoms with Crippen molar-refractivity contribution in [3.63, 3.8) is 0 Å². The molecule has 1 aromatic heterocycles. The highest BCUT2D eigenvalue weighted by Gasteiger charge is 2.56. The van der Waals surface area contributed by atoms with E-state index in [0.29, 0.717) is 4.47 Å². The highest BCUT2D eigenvalue weighted by Crippen LogP contribution is 2.43. The van der Waals surface area contributed by atoms with E-state index in [1.807, 2.05) is 0 Å². The average Bonchev–Trinajstić information content (AvgIpc) is 2.38. The summed E-state index contributed by atoms with van der Waals surface area (Å²) < 4.78 is 40.5. The Morgan fingerprint density at radius 3 is 2.11 bits per heavy atom. The quantitative estimate of drug-likeness (QED) is 0.911. The van der Waals surface area contributed by atoms with Gasteiger partial charge < -0.3 is 5.11 Å². The summed E-state index contributed by atoms with van der Waals surface area (Å²) in [5.74, 6) is 0. The van der Waals surface area contributed by atoms with Gasteiger partial charge >= 0.3 is 6.18 Å². The van der Waals surface area contributed by atoms with Crippen molar-refractivity contribution in [2.45, 2.75) is 11.8 Å². The SMILES string of the molecule is OC(c1ccc(Br)cc1)(c1cccnc1)C(F)(F)F. The molecule has 1 heterocycles. The second kappa shape index (κ2) is 4.94. The van der Waals surface area contributed by atoms with Gasteiger partial charge in [0.15, 0.2) is 0 Å². The molecule has 1 unspecified atom stereocenters. The molecule has 0 aliphatic carbocycles. The number of rotatable bonds is 2. The zero-order chi connectivity index (χ0) is 14.1. The Bertz CT molecular complexity index is 556. The topological polar surface area (TPSA) is 33.1 Å². The van der Waals surface area contributed by atoms with E-state index in [1.54, 1.807) is 0 Å². The third-order valence-corrected chi connectivity index (χ3v) is 3.28. The molecule has 6 heteroatoms. The highest BCUT2D eigenvalue weighted by molar-refractivity contribution is 9.10. The van der Waals surface area contributed by atoms with Gasteiger partial charge in [0.25, 0.3) is 0 Å². The molecule has 0 bridgehead atoms. The lowest BCUT2D eigenvalue weighted by molar-refractivity contribution is -0.248. The van der Waals surface area contributed by atoms with E-state index in [-0.39, 0.29) is 11.1 Å². The van der Waals surface area contributed by atoms with Crippen LogP contribution in [0.1, 0.15) is 11.1 Å². The van der Waals surface area contributed by atoms with Crippen molar-refractivity contribution in [1.82, 2.24) is 4.98 Å². The minimum atomic E-state index is -4.84. The number of benzene rings is 1. The summed E-state index contributed by atoms with van der Waals surface area (Å²) in [7, 11) is 0. The molecule has 2 aromatic rings. The molecule has 100 valence electrons. The summed E-state index contributed by atoms with van der Waals surface area (Å²) >= 11 is 3.14. The van der Waals surface area contributed by atoms with Crippen molar-refractivity contribution in [1.29, 1.82) is 0 Å². The number of halogens is 4. The maximum absolute atomic E-state index is 13.3. The predicted octanol–water partition coefficient (Wildman–Crippen LogP) is 3.64. The van der Waals surface area contributed by atoms with Gasteiger partial charge in [0, 0.05) is 22.4 Å². The lowest BCUT2D eigenvalue weighted by atomic mass is 9.87. The van der Waals surface area contributed by atoms with Gasteiger partial charge in [-0.1, -0.05) is 34.1 Å². The normalized spacial score (nSPS) is 15.0. The van der Waals surface area contributed by atoms with Gasteiger partial charge in [-0.3, -0.25) is 4.98 Å². The molecule has 0 radical (unpaired) electrons. The van der Waals surface area contributed by atoms with Gasteiger partial charge in [-0.05, 0) is 23.8 Å². The van der Waals surface area contributed by atoms with Crippen LogP contribution in [0, 0.1) is 0 Å². The zero-order valence-electron chi connectivity index (χ0n) is 9.53. The molecule has 2 nitrogen and oxygen atoms in total. The molecular weight excluding hydrogens is 323 g/mol. The summed E-state index contributed by atoms with van der Waals surface area (Å²) in [5, 5.41) is 10.2. The first-order chi connectivity index (χ1) is 8.85. The Morgan fingerprint density at radius 1 is 1.00 bits per heavy atom. The first-order valence-electron chi connectivity index (χ1n) is 5.31. The van der Waals surface area contributed by atoms with Crippen LogP contribution < -0.4 is 0 Å². The van der Waals surface area contributed by atoms with Crippen molar-refractivity contribution in [2.24, 2.45) is 0 Å². The molecule has 0 amide bonds. The number of nitrogens with zero attached hydrogens (tertiary/aromatic N) is 1. The van der Waals surface area contributed by atoms with Crippen LogP contribution in [0.4, 0.5) is 13.2 Å². The lowest BCUT2D eigenvalue weighted by Gasteiger charge is -2.31. The molecule has 0 aliphatic rings. The Kier molecular flexibility index (Phi) is 3.64. The summed E-state index contributed by atoms with van der Waals surface area (Å²) in [4.78, 5) is 3.64. The maximum atomic E-state index is 13.3. The molecule has 0 fully saturated rings. The number of pyridine rings is 1. The number of aromatic nitrogens is 1. The van der Waals surface area contributed by atoms with Crippen LogP contribution in [-0.4, -0.2) is 16.3 Å². The first-order valence-corrected chi connectivity index (χ1v) is 6.10. The predicted molar refractivity (Wildman–Crippen MR) is 67.4 cm³/mol. The fourth-order valence-corrected chi connectivity index (χ4v) is 2.03. The molecule has 1 aromatic carbocycles. The van der Waals surface area contributed by atoms with Gasteiger partial charge in [0.1, 0.15) is 0 Å². The van der Waals surface area contributed by atoms with Crippen LogP contribution in [0.3, 0.4) is 0 Å². The van der Waals surface area contributed by atoms with E-state index in [4.69, 9.17) is 0 Å². The Labute approximate surface area is 116 Å². The average molecular weight is 332 g/mol. The minimum Gasteiger partial charge on any atom is -0.372 e. The van der Waals surface area contributed by atoms with Crippen molar-refractivity contribution in [3.05, 3.63) is 64.4 Å². The van der Waals surface area contributed by atoms with Crippen LogP contribution in [0.15, 0.2) is 53.3 Å². The summed E-state index contributed by atoms with van der Waals surface area (Å²) in [5.41, 5.74) is -3.64. The largest absolute Gasteiger partial charge is 0.425 e. The van der Waals surface area contributed by atoms with Crippen LogP contribution in [0.2, 0.25) is 0 Å². The fraction of sp³-hybridized carbons (Fsp3) is 0.154. The van der Waals surface area contributed by atoms with Gasteiger partial charge in [-0.15, -0.1) is 0 Å². The van der Waals surface area contributed by atoms with Gasteiger partial charge in [0.2, 0.25) is 5.60 Å². The van der Waals surface area contributed by atoms with E-state index in [0.717, 1.165) is 6.20 Å². The fourth-order valence-electron chi connectivity index (χ4n) is 1.76. The molecule has 1 atom stereocenters. The molecule has 19 heavy (non-hydrogen) atoms. The number of aliphatic hydroxyl groups is 1. The molecule has 2 rings (SSSR count). The second-order valence-electron chi connectivity index (χ2n) is 3.96. The molecule has 0 saturated carbocycles. The van der Waals surface area contributed by atoms with E-state index < -0.39 is 11.8 Å². The van der Waals surface area contributed by atoms with Gasteiger partial charge in [0.05, 0.1) is 0 Å². The third-order valence-electron chi connectivity index (χ3n) is 2.75. The van der Waals surface area contributed by atoms with Crippen LogP contribution in [-0.2, 0) is 5.60 Å². The zero-order valence-corrected chi connectivity index (χ0v) is 11.1. The Hall–Kier alpha value is -1.40. The Balaban J connectivity index is 2.63. The summed E-state index contributed by atoms with van der Waals surface area (Å²) in [6.45, 7) is 0. The monoisotopic (exact) mass is 331 g/mol. The molecular formula is C13H9BrF3NO. The Morgan fingerprint density at radius 2 is 1.63 bits per heavy atom. The standard InChI is InChI=1S/C13H9BrF3NO/c14-11-5-3-9(4-6-11)12(19,13(15,16)17)10-2-1-7-18-8-10/h1-8,19H. The van der Waals surface area contributed by atoms with Crippen molar-refractivity contribution in [3.8, 4) is 0 Å². The van der Waals surface area contributed by atoms with E-state index in [9.17, 15) is 18.3 Å². The maximum Gasteiger partial charge on any atom is 0.425 e. The smallest absolute Gasteiger partial charge is 0.372 e. The highest BCUT2D eigenvalue weighted by atomic mass is 79.9. The van der Waals surface area contributed by atoms with Crippen molar-refractivity contribution >= 4 is 15.9 Å². The van der Waals surface area contributed by atoms with Crippen molar-refractivity contribution in [2.75, 3.05) is 0 Å². The van der Waals surface area contributed by atoms with E-state index in [1.165, 1.54) is 42.6 Å². The van der Waals surface area contributed by atoms with E-state index in [2.05, 4.69) is 20.9 Å². The van der Waals surface area contributed by atoms with Crippen LogP contribution in [0.25, 0.3) is 0 Å². The minimum absolute atomic E-state index is 0.254. The van der Waals surface area contributed by atoms with Gasteiger partial charge in [-0.2, -0.15) is 13.2 Å². The summed E-state index contributed by atoms with van der Waals surface area (Å²) in [6.07, 6.45) is -2.48. The van der Waals surface area contributed by atoms with Crippen LogP contribution in [0.5, 0.6) is 0 Å². The molecule has 1 N–H and O–H groups in total. The molecule has 0 spiro atoms. The third kappa shape index (κ3) is 2.50. The molecule has 0 aliphatic heterocycles.